The highest BCUT2D eigenvalue weighted by molar-refractivity contribution is 4.64. The van der Waals surface area contributed by atoms with E-state index in [-0.39, 0.29) is 0 Å². The van der Waals surface area contributed by atoms with E-state index in [0.29, 0.717) is 0 Å². The molecule has 0 spiro atoms. The molecule has 0 amide bonds. The zero-order chi connectivity index (χ0) is 9.19. The number of quaternary nitrogens is 1. The van der Waals surface area contributed by atoms with Crippen molar-refractivity contribution in [1.82, 2.24) is 0 Å². The standard InChI is InChI=1S/C11H24N/c1-5-11-7-6-8-12(4,9-11)10(2)3/h10-11H,5-9H2,1-4H3/q+1. The van der Waals surface area contributed by atoms with Crippen LogP contribution in [0.3, 0.4) is 0 Å². The normalized spacial score (nSPS) is 37.2. The first kappa shape index (κ1) is 10.0. The van der Waals surface area contributed by atoms with E-state index >= 15 is 0 Å². The molecule has 0 N–H and O–H groups in total. The summed E-state index contributed by atoms with van der Waals surface area (Å²) in [5.74, 6) is 0.992. The second-order valence-electron chi connectivity index (χ2n) is 4.90. The van der Waals surface area contributed by atoms with Crippen LogP contribution in [0.2, 0.25) is 0 Å². The van der Waals surface area contributed by atoms with Crippen molar-refractivity contribution >= 4 is 0 Å². The molecule has 72 valence electrons. The number of nitrogens with zero attached hydrogens (tertiary/aromatic N) is 1. The fraction of sp³-hybridized carbons (Fsp3) is 1.00. The van der Waals surface area contributed by atoms with E-state index in [9.17, 15) is 0 Å². The Labute approximate surface area is 77.4 Å². The number of piperidine rings is 1. The van der Waals surface area contributed by atoms with Crippen LogP contribution in [0, 0.1) is 5.92 Å². The largest absolute Gasteiger partial charge is 0.324 e. The summed E-state index contributed by atoms with van der Waals surface area (Å²) in [6.45, 7) is 9.86. The van der Waals surface area contributed by atoms with Crippen LogP contribution in [0.15, 0.2) is 0 Å². The van der Waals surface area contributed by atoms with Crippen molar-refractivity contribution in [3.8, 4) is 0 Å². The molecule has 12 heavy (non-hydrogen) atoms. The number of hydrogen-bond donors (Lipinski definition) is 0. The quantitative estimate of drug-likeness (QED) is 0.559. The Hall–Kier alpha value is -0.0400. The van der Waals surface area contributed by atoms with Gasteiger partial charge >= 0.3 is 0 Å². The van der Waals surface area contributed by atoms with E-state index in [0.717, 1.165) is 12.0 Å². The molecule has 1 saturated heterocycles. The molecule has 0 radical (unpaired) electrons. The van der Waals surface area contributed by atoms with Gasteiger partial charge in [-0.05, 0) is 33.1 Å². The Morgan fingerprint density at radius 1 is 1.42 bits per heavy atom. The third-order valence-electron chi connectivity index (χ3n) is 3.78. The fourth-order valence-corrected chi connectivity index (χ4v) is 2.32. The molecule has 0 aliphatic carbocycles. The smallest absolute Gasteiger partial charge is 0.0831 e. The van der Waals surface area contributed by atoms with Gasteiger partial charge in [-0.2, -0.15) is 0 Å². The van der Waals surface area contributed by atoms with Gasteiger partial charge in [0.2, 0.25) is 0 Å². The summed E-state index contributed by atoms with van der Waals surface area (Å²) in [6.07, 6.45) is 4.28. The third kappa shape index (κ3) is 2.01. The molecule has 1 aliphatic rings. The van der Waals surface area contributed by atoms with Crippen molar-refractivity contribution in [1.29, 1.82) is 0 Å². The fourth-order valence-electron chi connectivity index (χ4n) is 2.32. The van der Waals surface area contributed by atoms with Gasteiger partial charge in [-0.15, -0.1) is 0 Å². The highest BCUT2D eigenvalue weighted by atomic mass is 15.4. The average molecular weight is 170 g/mol. The summed E-state index contributed by atoms with van der Waals surface area (Å²) in [5.41, 5.74) is 0. The molecule has 1 fully saturated rings. The van der Waals surface area contributed by atoms with Gasteiger partial charge in [0.15, 0.2) is 0 Å². The van der Waals surface area contributed by atoms with Crippen molar-refractivity contribution in [3.05, 3.63) is 0 Å². The lowest BCUT2D eigenvalue weighted by atomic mass is 9.93. The molecular formula is C11H24N+. The minimum atomic E-state index is 0.805. The molecule has 0 bridgehead atoms. The Kier molecular flexibility index (Phi) is 3.16. The third-order valence-corrected chi connectivity index (χ3v) is 3.78. The van der Waals surface area contributed by atoms with E-state index < -0.39 is 0 Å². The minimum Gasteiger partial charge on any atom is -0.324 e. The first-order chi connectivity index (χ1) is 5.58. The van der Waals surface area contributed by atoms with Crippen LogP contribution in [0.4, 0.5) is 0 Å². The van der Waals surface area contributed by atoms with Crippen LogP contribution in [0.1, 0.15) is 40.0 Å². The molecule has 1 aliphatic heterocycles. The minimum absolute atomic E-state index is 0.805. The van der Waals surface area contributed by atoms with E-state index in [4.69, 9.17) is 0 Å². The maximum Gasteiger partial charge on any atom is 0.0831 e. The van der Waals surface area contributed by atoms with Crippen LogP contribution in [0.5, 0.6) is 0 Å². The lowest BCUT2D eigenvalue weighted by Crippen LogP contribution is -2.55. The van der Waals surface area contributed by atoms with Crippen molar-refractivity contribution in [3.63, 3.8) is 0 Å². The second-order valence-corrected chi connectivity index (χ2v) is 4.90. The Morgan fingerprint density at radius 2 is 2.08 bits per heavy atom. The van der Waals surface area contributed by atoms with Crippen LogP contribution >= 0.6 is 0 Å². The molecule has 1 nitrogen and oxygen atoms in total. The van der Waals surface area contributed by atoms with Gasteiger partial charge in [-0.1, -0.05) is 6.92 Å². The van der Waals surface area contributed by atoms with Crippen molar-refractivity contribution < 1.29 is 4.48 Å². The van der Waals surface area contributed by atoms with Crippen LogP contribution in [0.25, 0.3) is 0 Å². The van der Waals surface area contributed by atoms with E-state index in [1.807, 2.05) is 0 Å². The molecule has 2 atom stereocenters. The van der Waals surface area contributed by atoms with Gasteiger partial charge in [0.25, 0.3) is 0 Å². The van der Waals surface area contributed by atoms with Crippen molar-refractivity contribution in [2.75, 3.05) is 20.1 Å². The Morgan fingerprint density at radius 3 is 2.58 bits per heavy atom. The van der Waals surface area contributed by atoms with Crippen LogP contribution < -0.4 is 0 Å². The van der Waals surface area contributed by atoms with Crippen molar-refractivity contribution in [2.24, 2.45) is 5.92 Å². The van der Waals surface area contributed by atoms with Gasteiger partial charge in [0.1, 0.15) is 0 Å². The molecule has 1 heteroatoms. The average Bonchev–Trinajstić information content (AvgIpc) is 2.04. The number of hydrogen-bond acceptors (Lipinski definition) is 0. The Bertz CT molecular complexity index is 142. The van der Waals surface area contributed by atoms with E-state index in [1.54, 1.807) is 0 Å². The molecule has 1 heterocycles. The summed E-state index contributed by atoms with van der Waals surface area (Å²) in [7, 11) is 2.42. The molecule has 1 rings (SSSR count). The first-order valence-electron chi connectivity index (χ1n) is 5.42. The zero-order valence-electron chi connectivity index (χ0n) is 9.14. The molecule has 0 aromatic heterocycles. The zero-order valence-corrected chi connectivity index (χ0v) is 9.14. The summed E-state index contributed by atoms with van der Waals surface area (Å²) in [6, 6.07) is 0.805. The summed E-state index contributed by atoms with van der Waals surface area (Å²) >= 11 is 0. The predicted molar refractivity (Wildman–Crippen MR) is 54.1 cm³/mol. The van der Waals surface area contributed by atoms with Crippen LogP contribution in [-0.4, -0.2) is 30.7 Å². The predicted octanol–water partition coefficient (Wildman–Crippen LogP) is 2.66. The van der Waals surface area contributed by atoms with E-state index in [2.05, 4.69) is 27.8 Å². The molecule has 0 aromatic rings. The lowest BCUT2D eigenvalue weighted by Gasteiger charge is -2.44. The van der Waals surface area contributed by atoms with Gasteiger partial charge in [-0.3, -0.25) is 0 Å². The topological polar surface area (TPSA) is 0 Å². The van der Waals surface area contributed by atoms with Crippen molar-refractivity contribution in [2.45, 2.75) is 46.1 Å². The number of rotatable bonds is 2. The SMILES string of the molecule is CCC1CCC[N+](C)(C(C)C)C1. The molecule has 0 aromatic carbocycles. The van der Waals surface area contributed by atoms with Gasteiger partial charge < -0.3 is 4.48 Å². The summed E-state index contributed by atoms with van der Waals surface area (Å²) in [4.78, 5) is 0. The molecule has 2 unspecified atom stereocenters. The van der Waals surface area contributed by atoms with Gasteiger partial charge in [0, 0.05) is 5.92 Å². The highest BCUT2D eigenvalue weighted by Gasteiger charge is 2.32. The molecule has 0 saturated carbocycles. The first-order valence-corrected chi connectivity index (χ1v) is 5.42. The second kappa shape index (κ2) is 3.78. The summed E-state index contributed by atoms with van der Waals surface area (Å²) < 4.78 is 1.30. The molecular weight excluding hydrogens is 146 g/mol. The summed E-state index contributed by atoms with van der Waals surface area (Å²) in [5, 5.41) is 0. The maximum absolute atomic E-state index is 2.42. The lowest BCUT2D eigenvalue weighted by molar-refractivity contribution is -0.937. The van der Waals surface area contributed by atoms with Crippen LogP contribution in [-0.2, 0) is 0 Å². The van der Waals surface area contributed by atoms with E-state index in [1.165, 1.54) is 36.8 Å². The maximum atomic E-state index is 2.42. The highest BCUT2D eigenvalue weighted by Crippen LogP contribution is 2.26. The van der Waals surface area contributed by atoms with Gasteiger partial charge in [-0.25, -0.2) is 0 Å². The number of likely N-dealkylation sites (tertiary alicyclic amines) is 1. The van der Waals surface area contributed by atoms with Gasteiger partial charge in [0.05, 0.1) is 26.2 Å². The Balaban J connectivity index is 2.54. The monoisotopic (exact) mass is 170 g/mol.